The summed E-state index contributed by atoms with van der Waals surface area (Å²) >= 11 is 0. The highest BCUT2D eigenvalue weighted by atomic mass is 16.5. The fourth-order valence-corrected chi connectivity index (χ4v) is 1.32. The molecule has 0 bridgehead atoms. The van der Waals surface area contributed by atoms with Gasteiger partial charge in [0.2, 0.25) is 0 Å². The lowest BCUT2D eigenvalue weighted by atomic mass is 10.2. The molecular weight excluding hydrogens is 212 g/mol. The van der Waals surface area contributed by atoms with E-state index in [9.17, 15) is 0 Å². The molecule has 0 amide bonds. The van der Waals surface area contributed by atoms with E-state index < -0.39 is 0 Å². The molecule has 0 unspecified atom stereocenters. The zero-order valence-electron chi connectivity index (χ0n) is 10.4. The number of ether oxygens (including phenoxy) is 1. The maximum atomic E-state index is 5.17. The standard InChI is InChI=1S/C14H18N2O/c1-12(2)7-6-10-15-11-16-13-8-4-5-9-14(13)17-3/h4-5,8-9H,1,6-7,10H2,2-3H3. The summed E-state index contributed by atoms with van der Waals surface area (Å²) in [7, 11) is 1.62. The largest absolute Gasteiger partial charge is 0.494 e. The smallest absolute Gasteiger partial charge is 0.145 e. The van der Waals surface area contributed by atoms with Gasteiger partial charge in [-0.1, -0.05) is 17.7 Å². The average molecular weight is 230 g/mol. The van der Waals surface area contributed by atoms with E-state index in [1.807, 2.05) is 31.2 Å². The zero-order chi connectivity index (χ0) is 12.5. The summed E-state index contributed by atoms with van der Waals surface area (Å²) in [6.45, 7) is 6.59. The molecule has 0 heterocycles. The summed E-state index contributed by atoms with van der Waals surface area (Å²) < 4.78 is 5.17. The Morgan fingerprint density at radius 3 is 2.88 bits per heavy atom. The second kappa shape index (κ2) is 7.42. The van der Waals surface area contributed by atoms with Crippen LogP contribution < -0.4 is 4.74 Å². The Kier molecular flexibility index (Phi) is 5.76. The van der Waals surface area contributed by atoms with Gasteiger partial charge < -0.3 is 4.74 Å². The maximum Gasteiger partial charge on any atom is 0.145 e. The van der Waals surface area contributed by atoms with E-state index in [0.717, 1.165) is 30.8 Å². The molecular formula is C14H18N2O. The van der Waals surface area contributed by atoms with Gasteiger partial charge in [0.05, 0.1) is 19.7 Å². The van der Waals surface area contributed by atoms with E-state index in [-0.39, 0.29) is 0 Å². The molecule has 0 aliphatic heterocycles. The second-order valence-corrected chi connectivity index (χ2v) is 3.83. The number of nitrogens with zero attached hydrogens (tertiary/aromatic N) is 2. The Hall–Kier alpha value is -1.86. The number of hydrogen-bond donors (Lipinski definition) is 0. The topological polar surface area (TPSA) is 34.0 Å². The molecule has 1 rings (SSSR count). The van der Waals surface area contributed by atoms with Crippen molar-refractivity contribution in [1.82, 2.24) is 0 Å². The Balaban J connectivity index is 2.52. The van der Waals surface area contributed by atoms with Crippen molar-refractivity contribution in [2.45, 2.75) is 19.8 Å². The van der Waals surface area contributed by atoms with Crippen LogP contribution in [0.4, 0.5) is 5.69 Å². The Bertz CT molecular complexity index is 432. The first kappa shape index (κ1) is 13.2. The highest BCUT2D eigenvalue weighted by Crippen LogP contribution is 2.25. The fraction of sp³-hybridized carbons (Fsp3) is 0.357. The van der Waals surface area contributed by atoms with Crippen LogP contribution in [0.1, 0.15) is 19.8 Å². The lowest BCUT2D eigenvalue weighted by molar-refractivity contribution is 0.416. The highest BCUT2D eigenvalue weighted by molar-refractivity contribution is 5.59. The minimum atomic E-state index is 0.728. The van der Waals surface area contributed by atoms with E-state index in [4.69, 9.17) is 4.74 Å². The fourth-order valence-electron chi connectivity index (χ4n) is 1.32. The molecule has 0 aliphatic carbocycles. The monoisotopic (exact) mass is 230 g/mol. The molecule has 90 valence electrons. The average Bonchev–Trinajstić information content (AvgIpc) is 2.33. The molecule has 0 spiro atoms. The van der Waals surface area contributed by atoms with Gasteiger partial charge >= 0.3 is 0 Å². The summed E-state index contributed by atoms with van der Waals surface area (Å²) in [5.74, 6) is 0.733. The Morgan fingerprint density at radius 2 is 2.18 bits per heavy atom. The van der Waals surface area contributed by atoms with Crippen molar-refractivity contribution >= 4 is 11.7 Å². The van der Waals surface area contributed by atoms with E-state index in [0.29, 0.717) is 0 Å². The first-order valence-electron chi connectivity index (χ1n) is 5.63. The van der Waals surface area contributed by atoms with E-state index in [2.05, 4.69) is 22.6 Å². The van der Waals surface area contributed by atoms with Crippen LogP contribution in [0.2, 0.25) is 0 Å². The molecule has 3 nitrogen and oxygen atoms in total. The first-order chi connectivity index (χ1) is 8.24. The van der Waals surface area contributed by atoms with E-state index in [1.165, 1.54) is 5.57 Å². The summed E-state index contributed by atoms with van der Waals surface area (Å²) in [5.41, 5.74) is 1.93. The van der Waals surface area contributed by atoms with E-state index in [1.54, 1.807) is 7.11 Å². The lowest BCUT2D eigenvalue weighted by Gasteiger charge is -2.00. The van der Waals surface area contributed by atoms with Crippen LogP contribution in [-0.4, -0.2) is 19.7 Å². The Labute approximate surface area is 103 Å². The van der Waals surface area contributed by atoms with Crippen LogP contribution in [0.25, 0.3) is 0 Å². The number of benzene rings is 1. The molecule has 0 radical (unpaired) electrons. The van der Waals surface area contributed by atoms with Crippen molar-refractivity contribution in [1.29, 1.82) is 0 Å². The molecule has 1 aromatic carbocycles. The minimum absolute atomic E-state index is 0.728. The number of aliphatic imine (C=N–C) groups is 2. The van der Waals surface area contributed by atoms with Gasteiger partial charge in [-0.2, -0.15) is 4.99 Å². The molecule has 0 aromatic heterocycles. The van der Waals surface area contributed by atoms with Gasteiger partial charge in [0.1, 0.15) is 11.4 Å². The summed E-state index contributed by atoms with van der Waals surface area (Å²) in [4.78, 5) is 8.23. The summed E-state index contributed by atoms with van der Waals surface area (Å²) in [6.07, 6.45) is 1.99. The predicted molar refractivity (Wildman–Crippen MR) is 71.4 cm³/mol. The van der Waals surface area contributed by atoms with Crippen molar-refractivity contribution < 1.29 is 4.74 Å². The molecule has 1 aromatic rings. The molecule has 0 saturated carbocycles. The van der Waals surface area contributed by atoms with Gasteiger partial charge in [0.15, 0.2) is 0 Å². The van der Waals surface area contributed by atoms with Crippen molar-refractivity contribution in [2.75, 3.05) is 13.7 Å². The van der Waals surface area contributed by atoms with Crippen molar-refractivity contribution in [3.8, 4) is 5.75 Å². The van der Waals surface area contributed by atoms with Crippen LogP contribution in [0.5, 0.6) is 5.75 Å². The van der Waals surface area contributed by atoms with Crippen LogP contribution >= 0.6 is 0 Å². The number of hydrogen-bond acceptors (Lipinski definition) is 3. The van der Waals surface area contributed by atoms with Gasteiger partial charge in [-0.25, -0.2) is 4.99 Å². The van der Waals surface area contributed by atoms with E-state index >= 15 is 0 Å². The molecule has 17 heavy (non-hydrogen) atoms. The van der Waals surface area contributed by atoms with Crippen LogP contribution in [0.3, 0.4) is 0 Å². The molecule has 0 aliphatic rings. The van der Waals surface area contributed by atoms with Crippen LogP contribution in [0, 0.1) is 0 Å². The quantitative estimate of drug-likeness (QED) is 0.415. The normalized spacial score (nSPS) is 9.29. The SMILES string of the molecule is C=C(C)CCCN=C=Nc1ccccc1OC. The van der Waals surface area contributed by atoms with Crippen molar-refractivity contribution in [3.05, 3.63) is 36.4 Å². The van der Waals surface area contributed by atoms with Gasteiger partial charge in [-0.15, -0.1) is 6.58 Å². The second-order valence-electron chi connectivity index (χ2n) is 3.83. The number of allylic oxidation sites excluding steroid dienone is 1. The van der Waals surface area contributed by atoms with Crippen molar-refractivity contribution in [3.63, 3.8) is 0 Å². The number of methoxy groups -OCH3 is 1. The molecule has 0 atom stereocenters. The van der Waals surface area contributed by atoms with Gasteiger partial charge in [0.25, 0.3) is 0 Å². The van der Waals surface area contributed by atoms with Gasteiger partial charge in [0, 0.05) is 0 Å². The maximum absolute atomic E-state index is 5.17. The minimum Gasteiger partial charge on any atom is -0.494 e. The Morgan fingerprint density at radius 1 is 1.41 bits per heavy atom. The summed E-state index contributed by atoms with van der Waals surface area (Å²) in [6, 6.07) is 10.2. The number of rotatable bonds is 6. The van der Waals surface area contributed by atoms with Crippen molar-refractivity contribution in [2.24, 2.45) is 9.98 Å². The zero-order valence-corrected chi connectivity index (χ0v) is 10.4. The van der Waals surface area contributed by atoms with Gasteiger partial charge in [-0.05, 0) is 31.9 Å². The van der Waals surface area contributed by atoms with Gasteiger partial charge in [-0.3, -0.25) is 0 Å². The predicted octanol–water partition coefficient (Wildman–Crippen LogP) is 3.86. The molecule has 0 fully saturated rings. The third-order valence-corrected chi connectivity index (χ3v) is 2.20. The van der Waals surface area contributed by atoms with Crippen LogP contribution in [-0.2, 0) is 0 Å². The molecule has 3 heteroatoms. The summed E-state index contributed by atoms with van der Waals surface area (Å²) in [5, 5.41) is 0. The molecule has 0 N–H and O–H groups in total. The highest BCUT2D eigenvalue weighted by Gasteiger charge is 1.96. The number of para-hydroxylation sites is 2. The lowest BCUT2D eigenvalue weighted by Crippen LogP contribution is -1.82. The first-order valence-corrected chi connectivity index (χ1v) is 5.63. The third-order valence-electron chi connectivity index (χ3n) is 2.20. The third kappa shape index (κ3) is 5.14. The van der Waals surface area contributed by atoms with Crippen LogP contribution in [0.15, 0.2) is 46.4 Å². The molecule has 0 saturated heterocycles.